The molecule has 0 spiro atoms. The number of piperidine rings is 1. The summed E-state index contributed by atoms with van der Waals surface area (Å²) in [6, 6.07) is 12.0. The van der Waals surface area contributed by atoms with Crippen molar-refractivity contribution in [1.29, 1.82) is 0 Å². The number of likely N-dealkylation sites (tertiary alicyclic amines) is 1. The minimum absolute atomic E-state index is 0.0734. The summed E-state index contributed by atoms with van der Waals surface area (Å²) < 4.78 is 42.4. The fraction of sp³-hybridized carbons (Fsp3) is 0.387. The lowest BCUT2D eigenvalue weighted by Gasteiger charge is -2.31. The Balaban J connectivity index is 1.15. The highest BCUT2D eigenvalue weighted by molar-refractivity contribution is 7.68. The second kappa shape index (κ2) is 13.7. The second-order valence-corrected chi connectivity index (χ2v) is 14.5. The standard InChI is InChI=1S/C31H35ClFN6O4PS/c1-3-38-20-34-16-24(38)17-39-27-15-30(44(40,41)43-4-2)45-31(27)36-28(39)18-37-12-10-21(11-13-37)26-6-5-7-29(35-26)42-19-22-8-9-23(32)14-25(22)33/h5-9,14-16,20-21H,3-4,10-13,17-19H2,1-2H3,(H,40,41). The molecule has 4 aromatic heterocycles. The van der Waals surface area contributed by atoms with Gasteiger partial charge < -0.3 is 23.3 Å². The molecule has 1 fully saturated rings. The van der Waals surface area contributed by atoms with Crippen LogP contribution in [0, 0.1) is 5.82 Å². The number of hydrogen-bond acceptors (Lipinski definition) is 8. The molecule has 1 aliphatic rings. The van der Waals surface area contributed by atoms with E-state index in [1.165, 1.54) is 17.4 Å². The molecule has 45 heavy (non-hydrogen) atoms. The molecule has 0 bridgehead atoms. The number of nitrogens with zero attached hydrogens (tertiary/aromatic N) is 6. The first-order chi connectivity index (χ1) is 21.7. The van der Waals surface area contributed by atoms with E-state index in [4.69, 9.17) is 30.8 Å². The van der Waals surface area contributed by atoms with Crippen molar-refractivity contribution in [2.75, 3.05) is 19.7 Å². The van der Waals surface area contributed by atoms with Gasteiger partial charge in [0.1, 0.15) is 27.7 Å². The van der Waals surface area contributed by atoms with Gasteiger partial charge in [0.05, 0.1) is 37.2 Å². The summed E-state index contributed by atoms with van der Waals surface area (Å²) in [7, 11) is -3.90. The van der Waals surface area contributed by atoms with Crippen LogP contribution in [0.15, 0.2) is 55.0 Å². The molecule has 5 aromatic rings. The lowest BCUT2D eigenvalue weighted by Crippen LogP contribution is -2.33. The van der Waals surface area contributed by atoms with E-state index in [1.807, 2.05) is 24.7 Å². The number of rotatable bonds is 12. The molecule has 0 amide bonds. The molecule has 1 atom stereocenters. The van der Waals surface area contributed by atoms with Gasteiger partial charge in [-0.2, -0.15) is 0 Å². The number of halogens is 2. The van der Waals surface area contributed by atoms with Crippen molar-refractivity contribution < 1.29 is 23.1 Å². The maximum Gasteiger partial charge on any atom is 0.368 e. The molecule has 0 aliphatic carbocycles. The van der Waals surface area contributed by atoms with E-state index in [-0.39, 0.29) is 19.1 Å². The molecule has 14 heteroatoms. The number of thiophene rings is 1. The topological polar surface area (TPSA) is 108 Å². The quantitative estimate of drug-likeness (QED) is 0.153. The van der Waals surface area contributed by atoms with E-state index in [0.29, 0.717) is 39.0 Å². The van der Waals surface area contributed by atoms with Gasteiger partial charge in [0.15, 0.2) is 0 Å². The van der Waals surface area contributed by atoms with Crippen molar-refractivity contribution in [3.63, 3.8) is 0 Å². The molecule has 1 aliphatic heterocycles. The first-order valence-corrected chi connectivity index (χ1v) is 17.7. The number of aromatic nitrogens is 5. The maximum absolute atomic E-state index is 14.2. The first-order valence-electron chi connectivity index (χ1n) is 15.0. The monoisotopic (exact) mass is 672 g/mol. The number of ether oxygens (including phenoxy) is 1. The largest absolute Gasteiger partial charge is 0.473 e. The lowest BCUT2D eigenvalue weighted by molar-refractivity contribution is 0.196. The summed E-state index contributed by atoms with van der Waals surface area (Å²) in [5.41, 5.74) is 3.24. The Bertz CT molecular complexity index is 1840. The van der Waals surface area contributed by atoms with Crippen LogP contribution in [0.1, 0.15) is 55.4 Å². The molecule has 1 aromatic carbocycles. The van der Waals surface area contributed by atoms with Crippen molar-refractivity contribution in [3.8, 4) is 5.88 Å². The molecular weight excluding hydrogens is 638 g/mol. The summed E-state index contributed by atoms with van der Waals surface area (Å²) in [6.07, 6.45) is 5.51. The molecule has 238 valence electrons. The fourth-order valence-electron chi connectivity index (χ4n) is 5.67. The zero-order chi connectivity index (χ0) is 31.6. The molecule has 1 saturated heterocycles. The van der Waals surface area contributed by atoms with Gasteiger partial charge in [-0.3, -0.25) is 9.46 Å². The Morgan fingerprint density at radius 1 is 1.13 bits per heavy atom. The Kier molecular flexibility index (Phi) is 9.70. The van der Waals surface area contributed by atoms with Gasteiger partial charge in [-0.15, -0.1) is 11.3 Å². The SMILES string of the molecule is CCOP(=O)(O)c1cc2c(nc(CN3CCC(c4cccc(OCc5ccc(Cl)cc5F)n4)CC3)n2Cc2cncn2CC)s1. The van der Waals surface area contributed by atoms with Crippen molar-refractivity contribution in [2.24, 2.45) is 0 Å². The highest BCUT2D eigenvalue weighted by Gasteiger charge is 2.29. The predicted molar refractivity (Wildman–Crippen MR) is 173 cm³/mol. The first kappa shape index (κ1) is 31.8. The number of pyridine rings is 1. The highest BCUT2D eigenvalue weighted by atomic mass is 35.5. The van der Waals surface area contributed by atoms with Crippen LogP contribution in [-0.4, -0.2) is 53.6 Å². The minimum atomic E-state index is -3.90. The zero-order valence-corrected chi connectivity index (χ0v) is 27.6. The van der Waals surface area contributed by atoms with Gasteiger partial charge in [-0.1, -0.05) is 23.7 Å². The van der Waals surface area contributed by atoms with Crippen molar-refractivity contribution in [2.45, 2.75) is 58.8 Å². The van der Waals surface area contributed by atoms with Crippen LogP contribution in [0.3, 0.4) is 0 Å². The van der Waals surface area contributed by atoms with Crippen LogP contribution < -0.4 is 9.36 Å². The molecule has 1 unspecified atom stereocenters. The van der Waals surface area contributed by atoms with Crippen molar-refractivity contribution >= 4 is 45.5 Å². The summed E-state index contributed by atoms with van der Waals surface area (Å²) in [4.78, 5) is 27.6. The number of aryl methyl sites for hydroxylation is 1. The average Bonchev–Trinajstić information content (AvgIpc) is 3.74. The number of benzene rings is 1. The van der Waals surface area contributed by atoms with E-state index < -0.39 is 13.4 Å². The predicted octanol–water partition coefficient (Wildman–Crippen LogP) is 6.36. The number of hydrogen-bond donors (Lipinski definition) is 1. The fourth-order valence-corrected chi connectivity index (χ4v) is 8.26. The lowest BCUT2D eigenvalue weighted by atomic mass is 9.93. The smallest absolute Gasteiger partial charge is 0.368 e. The second-order valence-electron chi connectivity index (χ2n) is 11.0. The van der Waals surface area contributed by atoms with Crippen molar-refractivity contribution in [1.82, 2.24) is 29.0 Å². The third kappa shape index (κ3) is 7.16. The highest BCUT2D eigenvalue weighted by Crippen LogP contribution is 2.44. The molecule has 5 heterocycles. The summed E-state index contributed by atoms with van der Waals surface area (Å²) >= 11 is 7.07. The molecule has 0 saturated carbocycles. The van der Waals surface area contributed by atoms with Crippen LogP contribution in [0.2, 0.25) is 5.02 Å². The van der Waals surface area contributed by atoms with E-state index in [2.05, 4.69) is 25.9 Å². The van der Waals surface area contributed by atoms with Crippen LogP contribution in [0.25, 0.3) is 10.3 Å². The normalized spacial score (nSPS) is 15.9. The van der Waals surface area contributed by atoms with Crippen molar-refractivity contribution in [3.05, 3.63) is 88.6 Å². The van der Waals surface area contributed by atoms with E-state index in [1.54, 1.807) is 31.2 Å². The number of fused-ring (bicyclic) bond motifs is 1. The van der Waals surface area contributed by atoms with E-state index in [0.717, 1.165) is 55.2 Å². The van der Waals surface area contributed by atoms with E-state index >= 15 is 0 Å². The van der Waals surface area contributed by atoms with Gasteiger partial charge in [-0.25, -0.2) is 19.3 Å². The molecule has 6 rings (SSSR count). The van der Waals surface area contributed by atoms with Gasteiger partial charge in [0.2, 0.25) is 5.88 Å². The van der Waals surface area contributed by atoms with Crippen LogP contribution in [0.5, 0.6) is 5.88 Å². The van der Waals surface area contributed by atoms with Crippen LogP contribution >= 0.6 is 30.5 Å². The van der Waals surface area contributed by atoms with Crippen LogP contribution in [-0.2, 0) is 35.3 Å². The minimum Gasteiger partial charge on any atom is -0.473 e. The Morgan fingerprint density at radius 2 is 1.96 bits per heavy atom. The third-order valence-electron chi connectivity index (χ3n) is 8.06. The maximum atomic E-state index is 14.2. The van der Waals surface area contributed by atoms with Gasteiger partial charge in [-0.05, 0) is 64.0 Å². The van der Waals surface area contributed by atoms with Crippen LogP contribution in [0.4, 0.5) is 4.39 Å². The van der Waals surface area contributed by atoms with Gasteiger partial charge in [0.25, 0.3) is 0 Å². The average molecular weight is 673 g/mol. The molecule has 0 radical (unpaired) electrons. The Morgan fingerprint density at radius 3 is 2.71 bits per heavy atom. The summed E-state index contributed by atoms with van der Waals surface area (Å²) in [6.45, 7) is 7.71. The third-order valence-corrected chi connectivity index (χ3v) is 11.4. The Labute approximate surface area is 270 Å². The number of imidazole rings is 2. The zero-order valence-electron chi connectivity index (χ0n) is 25.1. The summed E-state index contributed by atoms with van der Waals surface area (Å²) in [5, 5.41) is 0.348. The molecule has 1 N–H and O–H groups in total. The van der Waals surface area contributed by atoms with E-state index in [9.17, 15) is 13.8 Å². The molecular formula is C31H35ClFN6O4PS. The molecule has 10 nitrogen and oxygen atoms in total. The van der Waals surface area contributed by atoms with Gasteiger partial charge >= 0.3 is 7.60 Å². The summed E-state index contributed by atoms with van der Waals surface area (Å²) in [5.74, 6) is 1.24. The van der Waals surface area contributed by atoms with Gasteiger partial charge in [0, 0.05) is 41.0 Å². The Hall–Kier alpha value is -3.12.